The summed E-state index contributed by atoms with van der Waals surface area (Å²) in [6, 6.07) is 9.83. The molecule has 7 heteroatoms. The second-order valence-electron chi connectivity index (χ2n) is 3.89. The van der Waals surface area contributed by atoms with Crippen LogP contribution in [0, 0.1) is 17.1 Å². The number of rotatable bonds is 3. The van der Waals surface area contributed by atoms with E-state index < -0.39 is 21.4 Å². The molecular formula is C13H10FN3O2S. The highest BCUT2D eigenvalue weighted by Crippen LogP contribution is 2.24. The Morgan fingerprint density at radius 3 is 2.60 bits per heavy atom. The fourth-order valence-corrected chi connectivity index (χ4v) is 2.94. The Labute approximate surface area is 116 Å². The second kappa shape index (κ2) is 5.27. The van der Waals surface area contributed by atoms with Gasteiger partial charge in [0, 0.05) is 13.2 Å². The zero-order valence-electron chi connectivity index (χ0n) is 10.5. The molecule has 0 aliphatic heterocycles. The van der Waals surface area contributed by atoms with Gasteiger partial charge in [-0.05, 0) is 24.3 Å². The summed E-state index contributed by atoms with van der Waals surface area (Å²) in [4.78, 5) is 3.54. The van der Waals surface area contributed by atoms with Crippen molar-refractivity contribution in [2.45, 2.75) is 4.90 Å². The highest BCUT2D eigenvalue weighted by Gasteiger charge is 2.26. The van der Waals surface area contributed by atoms with Gasteiger partial charge in [-0.3, -0.25) is 4.31 Å². The van der Waals surface area contributed by atoms with Crippen LogP contribution in [0.5, 0.6) is 0 Å². The van der Waals surface area contributed by atoms with Crippen molar-refractivity contribution in [3.63, 3.8) is 0 Å². The third kappa shape index (κ3) is 2.33. The minimum absolute atomic E-state index is 0.181. The average molecular weight is 291 g/mol. The van der Waals surface area contributed by atoms with Crippen LogP contribution in [-0.4, -0.2) is 20.4 Å². The van der Waals surface area contributed by atoms with Crippen LogP contribution in [-0.2, 0) is 10.0 Å². The van der Waals surface area contributed by atoms with E-state index in [-0.39, 0.29) is 10.7 Å². The van der Waals surface area contributed by atoms with E-state index in [1.165, 1.54) is 31.4 Å². The smallest absolute Gasteiger partial charge is 0.253 e. The van der Waals surface area contributed by atoms with Crippen molar-refractivity contribution in [1.82, 2.24) is 4.98 Å². The Morgan fingerprint density at radius 1 is 1.25 bits per heavy atom. The predicted octanol–water partition coefficient (Wildman–Crippen LogP) is 1.92. The van der Waals surface area contributed by atoms with Gasteiger partial charge in [-0.25, -0.2) is 17.8 Å². The van der Waals surface area contributed by atoms with E-state index in [0.29, 0.717) is 0 Å². The number of nitrogens with zero attached hydrogens (tertiary/aromatic N) is 3. The topological polar surface area (TPSA) is 74.1 Å². The van der Waals surface area contributed by atoms with Crippen molar-refractivity contribution in [3.05, 3.63) is 54.0 Å². The summed E-state index contributed by atoms with van der Waals surface area (Å²) < 4.78 is 39.3. The average Bonchev–Trinajstić information content (AvgIpc) is 2.47. The molecule has 102 valence electrons. The molecule has 0 N–H and O–H groups in total. The maximum absolute atomic E-state index is 13.5. The molecule has 0 saturated heterocycles. The van der Waals surface area contributed by atoms with Gasteiger partial charge < -0.3 is 0 Å². The number of halogens is 1. The third-order valence-electron chi connectivity index (χ3n) is 2.70. The first-order chi connectivity index (χ1) is 9.48. The molecule has 0 radical (unpaired) electrons. The largest absolute Gasteiger partial charge is 0.266 e. The van der Waals surface area contributed by atoms with Crippen LogP contribution in [0.1, 0.15) is 5.56 Å². The van der Waals surface area contributed by atoms with E-state index in [0.717, 1.165) is 10.4 Å². The molecule has 20 heavy (non-hydrogen) atoms. The van der Waals surface area contributed by atoms with E-state index in [1.54, 1.807) is 18.2 Å². The van der Waals surface area contributed by atoms with Crippen LogP contribution in [0.2, 0.25) is 0 Å². The standard InChI is InChI=1S/C13H10FN3O2S/c1-17(13-7-2-3-8-16-13)20(18,19)12-6-4-5-11(14)10(12)9-15/h2-8H,1H3. The quantitative estimate of drug-likeness (QED) is 0.866. The lowest BCUT2D eigenvalue weighted by atomic mass is 10.2. The van der Waals surface area contributed by atoms with Gasteiger partial charge in [0.2, 0.25) is 0 Å². The van der Waals surface area contributed by atoms with E-state index in [4.69, 9.17) is 5.26 Å². The Morgan fingerprint density at radius 2 is 2.00 bits per heavy atom. The molecule has 1 aromatic carbocycles. The van der Waals surface area contributed by atoms with Gasteiger partial charge in [-0.2, -0.15) is 5.26 Å². The lowest BCUT2D eigenvalue weighted by Crippen LogP contribution is -2.28. The van der Waals surface area contributed by atoms with Gasteiger partial charge in [0.1, 0.15) is 28.2 Å². The molecular weight excluding hydrogens is 281 g/mol. The molecule has 0 amide bonds. The van der Waals surface area contributed by atoms with E-state index >= 15 is 0 Å². The van der Waals surface area contributed by atoms with E-state index in [9.17, 15) is 12.8 Å². The SMILES string of the molecule is CN(c1ccccn1)S(=O)(=O)c1cccc(F)c1C#N. The maximum Gasteiger partial charge on any atom is 0.266 e. The molecule has 0 aliphatic carbocycles. The fraction of sp³-hybridized carbons (Fsp3) is 0.0769. The summed E-state index contributed by atoms with van der Waals surface area (Å²) >= 11 is 0. The van der Waals surface area contributed by atoms with Crippen LogP contribution in [0.4, 0.5) is 10.2 Å². The lowest BCUT2D eigenvalue weighted by Gasteiger charge is -2.18. The molecule has 0 fully saturated rings. The first-order valence-corrected chi connectivity index (χ1v) is 7.01. The number of aromatic nitrogens is 1. The normalized spacial score (nSPS) is 10.8. The Bertz CT molecular complexity index is 770. The molecule has 2 aromatic rings. The number of sulfonamides is 1. The second-order valence-corrected chi connectivity index (χ2v) is 5.82. The van der Waals surface area contributed by atoms with Gasteiger partial charge >= 0.3 is 0 Å². The summed E-state index contributed by atoms with van der Waals surface area (Å²) in [6.07, 6.45) is 1.44. The van der Waals surface area contributed by atoms with Gasteiger partial charge in [-0.15, -0.1) is 0 Å². The number of hydrogen-bond acceptors (Lipinski definition) is 4. The first-order valence-electron chi connectivity index (χ1n) is 5.57. The van der Waals surface area contributed by atoms with Crippen molar-refractivity contribution < 1.29 is 12.8 Å². The van der Waals surface area contributed by atoms with Crippen molar-refractivity contribution in [2.24, 2.45) is 0 Å². The summed E-state index contributed by atoms with van der Waals surface area (Å²) in [5.74, 6) is -0.691. The summed E-state index contributed by atoms with van der Waals surface area (Å²) in [6.45, 7) is 0. The Balaban J connectivity index is 2.58. The molecule has 0 spiro atoms. The molecule has 0 saturated carbocycles. The minimum Gasteiger partial charge on any atom is -0.253 e. The Hall–Kier alpha value is -2.46. The molecule has 0 bridgehead atoms. The van der Waals surface area contributed by atoms with Crippen molar-refractivity contribution in [1.29, 1.82) is 5.26 Å². The number of anilines is 1. The first kappa shape index (κ1) is 14.0. The number of pyridine rings is 1. The van der Waals surface area contributed by atoms with Crippen LogP contribution < -0.4 is 4.31 Å². The highest BCUT2D eigenvalue weighted by atomic mass is 32.2. The molecule has 2 rings (SSSR count). The third-order valence-corrected chi connectivity index (χ3v) is 4.50. The van der Waals surface area contributed by atoms with Crippen molar-refractivity contribution in [2.75, 3.05) is 11.4 Å². The predicted molar refractivity (Wildman–Crippen MR) is 70.9 cm³/mol. The maximum atomic E-state index is 13.5. The zero-order chi connectivity index (χ0) is 14.8. The van der Waals surface area contributed by atoms with Gasteiger partial charge in [0.05, 0.1) is 0 Å². The molecule has 1 heterocycles. The highest BCUT2D eigenvalue weighted by molar-refractivity contribution is 7.92. The summed E-state index contributed by atoms with van der Waals surface area (Å²) in [5, 5.41) is 8.93. The van der Waals surface area contributed by atoms with Gasteiger partial charge in [-0.1, -0.05) is 12.1 Å². The zero-order valence-corrected chi connectivity index (χ0v) is 11.3. The van der Waals surface area contributed by atoms with Crippen molar-refractivity contribution >= 4 is 15.8 Å². The van der Waals surface area contributed by atoms with Crippen LogP contribution in [0.3, 0.4) is 0 Å². The molecule has 0 unspecified atom stereocenters. The van der Waals surface area contributed by atoms with E-state index in [1.807, 2.05) is 0 Å². The lowest BCUT2D eigenvalue weighted by molar-refractivity contribution is 0.587. The monoisotopic (exact) mass is 291 g/mol. The van der Waals surface area contributed by atoms with Crippen molar-refractivity contribution in [3.8, 4) is 6.07 Å². The minimum atomic E-state index is -4.05. The number of benzene rings is 1. The molecule has 1 aromatic heterocycles. The number of hydrogen-bond donors (Lipinski definition) is 0. The van der Waals surface area contributed by atoms with Gasteiger partial charge in [0.15, 0.2) is 0 Å². The summed E-state index contributed by atoms with van der Waals surface area (Å²) in [5.41, 5.74) is -0.504. The summed E-state index contributed by atoms with van der Waals surface area (Å²) in [7, 11) is -2.75. The molecule has 0 atom stereocenters. The fourth-order valence-electron chi connectivity index (χ4n) is 1.64. The van der Waals surface area contributed by atoms with Crippen LogP contribution in [0.25, 0.3) is 0 Å². The van der Waals surface area contributed by atoms with Gasteiger partial charge in [0.25, 0.3) is 10.0 Å². The van der Waals surface area contributed by atoms with Crippen LogP contribution in [0.15, 0.2) is 47.5 Å². The van der Waals surface area contributed by atoms with Crippen LogP contribution >= 0.6 is 0 Å². The van der Waals surface area contributed by atoms with E-state index in [2.05, 4.69) is 4.98 Å². The number of nitriles is 1. The Kier molecular flexibility index (Phi) is 3.68. The molecule has 0 aliphatic rings. The molecule has 5 nitrogen and oxygen atoms in total.